The predicted molar refractivity (Wildman–Crippen MR) is 141 cm³/mol. The monoisotopic (exact) mass is 574 g/mol. The van der Waals surface area contributed by atoms with Gasteiger partial charge < -0.3 is 24.8 Å². The number of aromatic nitrogens is 5. The van der Waals surface area contributed by atoms with Crippen LogP contribution in [-0.2, 0) is 10.9 Å². The number of methoxy groups -OCH3 is 1. The van der Waals surface area contributed by atoms with Gasteiger partial charge in [0.05, 0.1) is 12.7 Å². The molecular weight excluding hydrogens is 545 g/mol. The van der Waals surface area contributed by atoms with E-state index < -0.39 is 23.4 Å². The summed E-state index contributed by atoms with van der Waals surface area (Å²) in [6, 6.07) is 3.57. The van der Waals surface area contributed by atoms with Gasteiger partial charge >= 0.3 is 18.3 Å². The van der Waals surface area contributed by atoms with Crippen LogP contribution in [0.5, 0.6) is 6.01 Å². The summed E-state index contributed by atoms with van der Waals surface area (Å²) in [5.41, 5.74) is -0.499. The molecule has 2 aliphatic rings. The van der Waals surface area contributed by atoms with Crippen LogP contribution in [0.4, 0.5) is 35.5 Å². The maximum absolute atomic E-state index is 13.5. The minimum absolute atomic E-state index is 0.0499. The number of nitrogens with zero attached hydrogens (tertiary/aromatic N) is 6. The zero-order chi connectivity index (χ0) is 29.2. The molecule has 1 aliphatic heterocycles. The fraction of sp³-hybridized carbons (Fsp3) is 0.462. The fourth-order valence-corrected chi connectivity index (χ4v) is 4.81. The molecule has 1 saturated carbocycles. The Hall–Kier alpha value is -4.27. The maximum atomic E-state index is 13.5. The smallest absolute Gasteiger partial charge is 0.421 e. The predicted octanol–water partition coefficient (Wildman–Crippen LogP) is 3.90. The molecule has 0 radical (unpaired) electrons. The van der Waals surface area contributed by atoms with Crippen molar-refractivity contribution in [2.24, 2.45) is 0 Å². The minimum Gasteiger partial charge on any atom is -0.467 e. The second kappa shape index (κ2) is 11.3. The average molecular weight is 575 g/mol. The topological polar surface area (TPSA) is 148 Å². The average Bonchev–Trinajstić information content (AvgIpc) is 2.92. The molecule has 0 bridgehead atoms. The van der Waals surface area contributed by atoms with E-state index in [1.54, 1.807) is 37.6 Å². The highest BCUT2D eigenvalue weighted by Gasteiger charge is 2.43. The summed E-state index contributed by atoms with van der Waals surface area (Å²) < 4.78 is 51.0. The Morgan fingerprint density at radius 1 is 1.02 bits per heavy atom. The Balaban J connectivity index is 1.11. The van der Waals surface area contributed by atoms with Gasteiger partial charge in [0.1, 0.15) is 23.3 Å². The number of β-amino-alcohol motifs (C(OH)–C–C–N with tert-alkyl or cyclic N) is 1. The molecule has 3 aromatic heterocycles. The molecule has 0 atom stereocenters. The molecule has 1 aliphatic carbocycles. The van der Waals surface area contributed by atoms with E-state index in [2.05, 4.69) is 35.6 Å². The Labute approximate surface area is 233 Å². The molecule has 0 unspecified atom stereocenters. The molecule has 1 saturated heterocycles. The summed E-state index contributed by atoms with van der Waals surface area (Å²) in [6.07, 6.45) is 2.31. The van der Waals surface area contributed by atoms with Gasteiger partial charge in [-0.3, -0.25) is 5.32 Å². The normalized spacial score (nSPS) is 20.1. The van der Waals surface area contributed by atoms with E-state index in [-0.39, 0.29) is 43.0 Å². The molecule has 12 nitrogen and oxygen atoms in total. The van der Waals surface area contributed by atoms with Crippen LogP contribution in [-0.4, -0.2) is 74.1 Å². The van der Waals surface area contributed by atoms with Crippen molar-refractivity contribution in [3.8, 4) is 17.1 Å². The number of pyridine rings is 1. The summed E-state index contributed by atoms with van der Waals surface area (Å²) in [6.45, 7) is 1.66. The first-order valence-corrected chi connectivity index (χ1v) is 13.0. The number of anilines is 3. The number of carbonyl (C=O) groups excluding carboxylic acids is 1. The summed E-state index contributed by atoms with van der Waals surface area (Å²) in [4.78, 5) is 34.2. The van der Waals surface area contributed by atoms with Crippen LogP contribution < -0.4 is 20.3 Å². The zero-order valence-electron chi connectivity index (χ0n) is 22.4. The highest BCUT2D eigenvalue weighted by atomic mass is 19.4. The fourth-order valence-electron chi connectivity index (χ4n) is 4.81. The van der Waals surface area contributed by atoms with Crippen LogP contribution in [0.3, 0.4) is 0 Å². The largest absolute Gasteiger partial charge is 0.467 e. The van der Waals surface area contributed by atoms with Crippen molar-refractivity contribution >= 4 is 23.7 Å². The van der Waals surface area contributed by atoms with Gasteiger partial charge in [-0.25, -0.2) is 24.7 Å². The number of carbonyl (C=O) groups is 1. The molecule has 3 N–H and O–H groups in total. The van der Waals surface area contributed by atoms with Crippen molar-refractivity contribution in [1.82, 2.24) is 24.9 Å². The van der Waals surface area contributed by atoms with Crippen molar-refractivity contribution in [3.63, 3.8) is 0 Å². The molecule has 1 amide bonds. The molecule has 2 fully saturated rings. The molecule has 5 rings (SSSR count). The first-order chi connectivity index (χ1) is 19.5. The van der Waals surface area contributed by atoms with E-state index in [1.165, 1.54) is 12.0 Å². The lowest BCUT2D eigenvalue weighted by Crippen LogP contribution is -2.60. The number of amides is 1. The number of halogens is 3. The molecule has 41 heavy (non-hydrogen) atoms. The van der Waals surface area contributed by atoms with Crippen molar-refractivity contribution in [2.75, 3.05) is 35.7 Å². The molecule has 0 aromatic carbocycles. The van der Waals surface area contributed by atoms with Crippen molar-refractivity contribution in [1.29, 1.82) is 0 Å². The van der Waals surface area contributed by atoms with Crippen LogP contribution in [0.25, 0.3) is 11.1 Å². The van der Waals surface area contributed by atoms with Crippen LogP contribution in [0.1, 0.15) is 38.2 Å². The van der Waals surface area contributed by atoms with E-state index in [0.29, 0.717) is 31.5 Å². The van der Waals surface area contributed by atoms with Gasteiger partial charge in [0, 0.05) is 55.0 Å². The van der Waals surface area contributed by atoms with E-state index in [1.807, 2.05) is 0 Å². The van der Waals surface area contributed by atoms with Gasteiger partial charge in [0.2, 0.25) is 5.95 Å². The van der Waals surface area contributed by atoms with Crippen molar-refractivity contribution < 1.29 is 32.5 Å². The Bertz CT molecular complexity index is 1360. The van der Waals surface area contributed by atoms with Gasteiger partial charge in [-0.15, -0.1) is 0 Å². The van der Waals surface area contributed by atoms with Gasteiger partial charge in [-0.05, 0) is 44.7 Å². The highest BCUT2D eigenvalue weighted by Crippen LogP contribution is 2.38. The number of hydrogen-bond donors (Lipinski definition) is 3. The molecule has 3 aromatic rings. The maximum Gasteiger partial charge on any atom is 0.421 e. The number of aliphatic hydroxyl groups is 1. The molecule has 218 valence electrons. The number of alkyl halides is 3. The van der Waals surface area contributed by atoms with Crippen molar-refractivity contribution in [2.45, 2.75) is 56.5 Å². The SMILES string of the molecule is COc1ncc(-c2ccc(NC(=O)OC3CCC(Nc4ncc(C(F)(F)F)c(N5CC(C)(O)C5)n4)CC3)nc2)cn1. The highest BCUT2D eigenvalue weighted by molar-refractivity contribution is 5.83. The van der Waals surface area contributed by atoms with Gasteiger partial charge in [0.15, 0.2) is 0 Å². The number of hydrogen-bond acceptors (Lipinski definition) is 11. The van der Waals surface area contributed by atoms with Crippen molar-refractivity contribution in [3.05, 3.63) is 42.5 Å². The number of ether oxygens (including phenoxy) is 2. The van der Waals surface area contributed by atoms with E-state index in [9.17, 15) is 23.1 Å². The molecule has 0 spiro atoms. The minimum atomic E-state index is -4.62. The summed E-state index contributed by atoms with van der Waals surface area (Å²) in [5, 5.41) is 15.7. The molecular formula is C26H29F3N8O4. The first-order valence-electron chi connectivity index (χ1n) is 13.0. The summed E-state index contributed by atoms with van der Waals surface area (Å²) in [7, 11) is 1.48. The Kier molecular flexibility index (Phi) is 7.80. The van der Waals surface area contributed by atoms with Crippen LogP contribution in [0.15, 0.2) is 36.9 Å². The zero-order valence-corrected chi connectivity index (χ0v) is 22.4. The van der Waals surface area contributed by atoms with E-state index >= 15 is 0 Å². The number of rotatable bonds is 7. The van der Waals surface area contributed by atoms with E-state index in [0.717, 1.165) is 17.3 Å². The van der Waals surface area contributed by atoms with Crippen LogP contribution in [0.2, 0.25) is 0 Å². The van der Waals surface area contributed by atoms with Crippen LogP contribution >= 0.6 is 0 Å². The molecule has 4 heterocycles. The first kappa shape index (κ1) is 28.3. The lowest BCUT2D eigenvalue weighted by molar-refractivity contribution is -0.137. The van der Waals surface area contributed by atoms with Crippen LogP contribution in [0, 0.1) is 0 Å². The quantitative estimate of drug-likeness (QED) is 0.377. The summed E-state index contributed by atoms with van der Waals surface area (Å²) >= 11 is 0. The summed E-state index contributed by atoms with van der Waals surface area (Å²) in [5.74, 6) is 0.147. The third kappa shape index (κ3) is 6.90. The lowest BCUT2D eigenvalue weighted by Gasteiger charge is -2.45. The van der Waals surface area contributed by atoms with E-state index in [4.69, 9.17) is 9.47 Å². The lowest BCUT2D eigenvalue weighted by atomic mass is 9.93. The molecule has 15 heteroatoms. The third-order valence-corrected chi connectivity index (χ3v) is 6.86. The Morgan fingerprint density at radius 2 is 1.71 bits per heavy atom. The standard InChI is InChI=1S/C26H29F3N8O4/c1-25(39)13-37(14-25)21-19(26(27,28)29)12-31-22(36-21)34-17-4-6-18(7-5-17)41-24(38)35-20-8-3-15(9-30-20)16-10-32-23(40-2)33-11-16/h3,8-12,17-18,39H,4-7,13-14H2,1-2H3,(H,30,35,38)(H,31,34,36). The third-order valence-electron chi connectivity index (χ3n) is 6.86. The van der Waals surface area contributed by atoms with Gasteiger partial charge in [0.25, 0.3) is 0 Å². The number of nitrogens with one attached hydrogen (secondary N) is 2. The van der Waals surface area contributed by atoms with Gasteiger partial charge in [-0.1, -0.05) is 0 Å². The van der Waals surface area contributed by atoms with Gasteiger partial charge in [-0.2, -0.15) is 18.2 Å². The Morgan fingerprint density at radius 3 is 2.29 bits per heavy atom. The second-order valence-electron chi connectivity index (χ2n) is 10.3. The second-order valence-corrected chi connectivity index (χ2v) is 10.3.